The summed E-state index contributed by atoms with van der Waals surface area (Å²) < 4.78 is 28.2. The van der Waals surface area contributed by atoms with E-state index >= 15 is 0 Å². The van der Waals surface area contributed by atoms with Crippen LogP contribution in [0.1, 0.15) is 9.75 Å². The van der Waals surface area contributed by atoms with Gasteiger partial charge in [-0.15, -0.1) is 22.7 Å². The monoisotopic (exact) mass is 443 g/mol. The predicted octanol–water partition coefficient (Wildman–Crippen LogP) is 4.46. The maximum absolute atomic E-state index is 12.5. The highest BCUT2D eigenvalue weighted by Gasteiger charge is 2.25. The molecule has 0 bridgehead atoms. The molecule has 3 nitrogen and oxygen atoms in total. The minimum atomic E-state index is -3.43. The average molecular weight is 445 g/mol. The fourth-order valence-electron chi connectivity index (χ4n) is 1.60. The van der Waals surface area contributed by atoms with Gasteiger partial charge in [-0.05, 0) is 50.9 Å². The van der Waals surface area contributed by atoms with Crippen molar-refractivity contribution in [3.05, 3.63) is 35.5 Å². The third-order valence-corrected chi connectivity index (χ3v) is 7.83. The van der Waals surface area contributed by atoms with E-state index in [4.69, 9.17) is 0 Å². The molecule has 0 saturated carbocycles. The fraction of sp³-hybridized carbons (Fsp3) is 0.273. The van der Waals surface area contributed by atoms with Gasteiger partial charge in [0.2, 0.25) is 10.0 Å². The van der Waals surface area contributed by atoms with Gasteiger partial charge in [0.15, 0.2) is 0 Å². The van der Waals surface area contributed by atoms with Crippen LogP contribution in [0.25, 0.3) is 0 Å². The van der Waals surface area contributed by atoms with Gasteiger partial charge in [0.1, 0.15) is 0 Å². The first-order valence-corrected chi connectivity index (χ1v) is 9.98. The molecule has 0 radical (unpaired) electrons. The van der Waals surface area contributed by atoms with Gasteiger partial charge in [-0.25, -0.2) is 8.42 Å². The first-order valence-electron chi connectivity index (χ1n) is 5.26. The van der Waals surface area contributed by atoms with Gasteiger partial charge in [0, 0.05) is 33.2 Å². The fourth-order valence-corrected chi connectivity index (χ4v) is 6.71. The average Bonchev–Trinajstić information content (AvgIpc) is 2.85. The minimum absolute atomic E-state index is 0.377. The number of aryl methyl sites for hydroxylation is 1. The van der Waals surface area contributed by atoms with E-state index in [1.54, 1.807) is 13.1 Å². The molecule has 2 rings (SSSR count). The van der Waals surface area contributed by atoms with Crippen molar-refractivity contribution in [2.75, 3.05) is 7.05 Å². The molecule has 0 amide bonds. The summed E-state index contributed by atoms with van der Waals surface area (Å²) in [5.74, 6) is 0. The standard InChI is InChI=1S/C11H11Br2NO2S3/c1-7-10(4-11(13)18-7)19(15,16)14(2)5-9-3-8(12)6-17-9/h3-4,6H,5H2,1-2H3. The van der Waals surface area contributed by atoms with Crippen molar-refractivity contribution in [1.82, 2.24) is 4.31 Å². The lowest BCUT2D eigenvalue weighted by molar-refractivity contribution is 0.469. The van der Waals surface area contributed by atoms with Gasteiger partial charge in [-0.2, -0.15) is 4.31 Å². The molecule has 0 saturated heterocycles. The van der Waals surface area contributed by atoms with E-state index in [0.717, 1.165) is 18.0 Å². The zero-order chi connectivity index (χ0) is 14.2. The quantitative estimate of drug-likeness (QED) is 0.697. The van der Waals surface area contributed by atoms with E-state index < -0.39 is 10.0 Å². The molecule has 0 spiro atoms. The summed E-state index contributed by atoms with van der Waals surface area (Å²) in [7, 11) is -1.83. The molecule has 0 unspecified atom stereocenters. The van der Waals surface area contributed by atoms with Crippen molar-refractivity contribution in [2.45, 2.75) is 18.4 Å². The van der Waals surface area contributed by atoms with Crippen LogP contribution in [0, 0.1) is 6.92 Å². The molecule has 0 fully saturated rings. The van der Waals surface area contributed by atoms with Crippen LogP contribution in [0.15, 0.2) is 30.7 Å². The summed E-state index contributed by atoms with van der Waals surface area (Å²) in [5.41, 5.74) is 0. The Morgan fingerprint density at radius 2 is 2.00 bits per heavy atom. The van der Waals surface area contributed by atoms with Crippen molar-refractivity contribution in [3.8, 4) is 0 Å². The van der Waals surface area contributed by atoms with Gasteiger partial charge < -0.3 is 0 Å². The van der Waals surface area contributed by atoms with Crippen LogP contribution in [0.5, 0.6) is 0 Å². The second kappa shape index (κ2) is 5.95. The number of nitrogens with zero attached hydrogens (tertiary/aromatic N) is 1. The molecule has 19 heavy (non-hydrogen) atoms. The zero-order valence-corrected chi connectivity index (χ0v) is 15.8. The zero-order valence-electron chi connectivity index (χ0n) is 10.2. The van der Waals surface area contributed by atoms with Crippen LogP contribution in [-0.4, -0.2) is 19.8 Å². The lowest BCUT2D eigenvalue weighted by Gasteiger charge is -2.16. The molecule has 2 aromatic rings. The molecule has 104 valence electrons. The highest BCUT2D eigenvalue weighted by molar-refractivity contribution is 9.11. The smallest absolute Gasteiger partial charge is 0.207 e. The molecule has 0 aromatic carbocycles. The molecular weight excluding hydrogens is 434 g/mol. The summed E-state index contributed by atoms with van der Waals surface area (Å²) >= 11 is 9.67. The summed E-state index contributed by atoms with van der Waals surface area (Å²) in [4.78, 5) is 2.18. The molecule has 0 aliphatic rings. The summed E-state index contributed by atoms with van der Waals surface area (Å²) in [6, 6.07) is 3.60. The van der Waals surface area contributed by atoms with Crippen molar-refractivity contribution in [1.29, 1.82) is 0 Å². The Labute approximate surface area is 137 Å². The largest absolute Gasteiger partial charge is 0.244 e. The molecule has 2 heterocycles. The summed E-state index contributed by atoms with van der Waals surface area (Å²) in [6.45, 7) is 2.20. The third-order valence-electron chi connectivity index (χ3n) is 2.53. The molecule has 0 N–H and O–H groups in total. The molecule has 8 heteroatoms. The Kier molecular flexibility index (Phi) is 4.90. The second-order valence-electron chi connectivity index (χ2n) is 3.96. The van der Waals surface area contributed by atoms with Gasteiger partial charge in [-0.3, -0.25) is 0 Å². The molecule has 0 aliphatic heterocycles. The topological polar surface area (TPSA) is 37.4 Å². The van der Waals surface area contributed by atoms with Crippen molar-refractivity contribution in [3.63, 3.8) is 0 Å². The highest BCUT2D eigenvalue weighted by atomic mass is 79.9. The Hall–Kier alpha value is 0.270. The van der Waals surface area contributed by atoms with Crippen LogP contribution in [-0.2, 0) is 16.6 Å². The Morgan fingerprint density at radius 1 is 1.32 bits per heavy atom. The van der Waals surface area contributed by atoms with Gasteiger partial charge in [0.05, 0.1) is 8.68 Å². The number of thiophene rings is 2. The maximum atomic E-state index is 12.5. The van der Waals surface area contributed by atoms with Crippen LogP contribution in [0.2, 0.25) is 0 Å². The molecule has 0 atom stereocenters. The number of halogens is 2. The third kappa shape index (κ3) is 3.48. The van der Waals surface area contributed by atoms with Gasteiger partial charge >= 0.3 is 0 Å². The van der Waals surface area contributed by atoms with Crippen LogP contribution < -0.4 is 0 Å². The first-order chi connectivity index (χ1) is 8.80. The number of rotatable bonds is 4. The Morgan fingerprint density at radius 3 is 2.47 bits per heavy atom. The summed E-state index contributed by atoms with van der Waals surface area (Å²) in [6.07, 6.45) is 0. The van der Waals surface area contributed by atoms with Gasteiger partial charge in [0.25, 0.3) is 0 Å². The molecule has 0 aliphatic carbocycles. The second-order valence-corrected chi connectivity index (χ2v) is 10.5. The number of hydrogen-bond acceptors (Lipinski definition) is 4. The highest BCUT2D eigenvalue weighted by Crippen LogP contribution is 2.32. The molecular formula is C11H11Br2NO2S3. The number of hydrogen-bond donors (Lipinski definition) is 0. The molecule has 2 aromatic heterocycles. The minimum Gasteiger partial charge on any atom is -0.207 e. The Bertz CT molecular complexity index is 691. The van der Waals surface area contributed by atoms with Crippen molar-refractivity contribution < 1.29 is 8.42 Å². The van der Waals surface area contributed by atoms with Crippen molar-refractivity contribution in [2.24, 2.45) is 0 Å². The van der Waals surface area contributed by atoms with E-state index in [0.29, 0.717) is 11.4 Å². The van der Waals surface area contributed by atoms with Crippen LogP contribution in [0.3, 0.4) is 0 Å². The van der Waals surface area contributed by atoms with E-state index in [-0.39, 0.29) is 0 Å². The predicted molar refractivity (Wildman–Crippen MR) is 87.4 cm³/mol. The van der Waals surface area contributed by atoms with E-state index in [1.807, 2.05) is 18.4 Å². The number of sulfonamides is 1. The SMILES string of the molecule is Cc1sc(Br)cc1S(=O)(=O)N(C)Cc1cc(Br)cs1. The van der Waals surface area contributed by atoms with Crippen LogP contribution >= 0.6 is 54.5 Å². The van der Waals surface area contributed by atoms with E-state index in [9.17, 15) is 8.42 Å². The van der Waals surface area contributed by atoms with Gasteiger partial charge in [-0.1, -0.05) is 0 Å². The normalized spacial score (nSPS) is 12.3. The van der Waals surface area contributed by atoms with E-state index in [1.165, 1.54) is 27.0 Å². The van der Waals surface area contributed by atoms with E-state index in [2.05, 4.69) is 31.9 Å². The lowest BCUT2D eigenvalue weighted by Crippen LogP contribution is -2.26. The first kappa shape index (κ1) is 15.7. The Balaban J connectivity index is 2.27. The lowest BCUT2D eigenvalue weighted by atomic mass is 10.5. The van der Waals surface area contributed by atoms with Crippen LogP contribution in [0.4, 0.5) is 0 Å². The maximum Gasteiger partial charge on any atom is 0.244 e. The van der Waals surface area contributed by atoms with Crippen molar-refractivity contribution >= 4 is 64.6 Å². The summed E-state index contributed by atoms with van der Waals surface area (Å²) in [5, 5.41) is 1.95.